The molecule has 0 bridgehead atoms. The lowest BCUT2D eigenvalue weighted by molar-refractivity contribution is 0.0952. The van der Waals surface area contributed by atoms with E-state index in [-0.39, 0.29) is 18.3 Å². The number of rotatable bonds is 7. The van der Waals surface area contributed by atoms with E-state index in [9.17, 15) is 4.79 Å². The van der Waals surface area contributed by atoms with E-state index in [4.69, 9.17) is 19.2 Å². The summed E-state index contributed by atoms with van der Waals surface area (Å²) in [6.45, 7) is 0.352. The van der Waals surface area contributed by atoms with Gasteiger partial charge in [-0.3, -0.25) is 4.79 Å². The summed E-state index contributed by atoms with van der Waals surface area (Å²) in [5, 5.41) is 3.80. The van der Waals surface area contributed by atoms with Crippen LogP contribution < -0.4 is 19.5 Å². The monoisotopic (exact) mass is 464 g/mol. The third-order valence-electron chi connectivity index (χ3n) is 5.23. The van der Waals surface area contributed by atoms with E-state index in [1.165, 1.54) is 0 Å². The fourth-order valence-electron chi connectivity index (χ4n) is 3.56. The van der Waals surface area contributed by atoms with Gasteiger partial charge in [-0.05, 0) is 42.0 Å². The van der Waals surface area contributed by atoms with Gasteiger partial charge in [0.15, 0.2) is 11.5 Å². The number of halogens is 1. The molecule has 3 aromatic carbocycles. The van der Waals surface area contributed by atoms with E-state index >= 15 is 0 Å². The first-order valence-electron chi connectivity index (χ1n) is 10.2. The summed E-state index contributed by atoms with van der Waals surface area (Å²) in [4.78, 5) is 18.0. The number of benzene rings is 3. The lowest BCUT2D eigenvalue weighted by Gasteiger charge is -2.12. The molecule has 1 heterocycles. The Hall–Kier alpha value is -3.77. The van der Waals surface area contributed by atoms with Crippen molar-refractivity contribution < 1.29 is 19.0 Å². The number of carbonyl (C=O) groups excluding carboxylic acids is 1. The molecule has 7 heteroatoms. The van der Waals surface area contributed by atoms with Crippen molar-refractivity contribution in [3.05, 3.63) is 83.9 Å². The molecule has 0 atom stereocenters. The SMILES string of the molecule is COc1cccc(-c2cc(C(=O)NCc3ccc(OC)c(OC)c3)c3ccccc3n2)c1.Cl. The molecular formula is C26H25ClN2O4. The summed E-state index contributed by atoms with van der Waals surface area (Å²) in [5.74, 6) is 1.82. The molecule has 33 heavy (non-hydrogen) atoms. The molecule has 0 fully saturated rings. The van der Waals surface area contributed by atoms with Crippen LogP contribution in [0.4, 0.5) is 0 Å². The third-order valence-corrected chi connectivity index (χ3v) is 5.23. The fourth-order valence-corrected chi connectivity index (χ4v) is 3.56. The summed E-state index contributed by atoms with van der Waals surface area (Å²) >= 11 is 0. The van der Waals surface area contributed by atoms with Gasteiger partial charge in [0.05, 0.1) is 38.1 Å². The van der Waals surface area contributed by atoms with E-state index in [0.29, 0.717) is 29.3 Å². The quantitative estimate of drug-likeness (QED) is 0.403. The Bertz CT molecular complexity index is 1280. The number of carbonyl (C=O) groups is 1. The molecule has 0 unspecified atom stereocenters. The summed E-state index contributed by atoms with van der Waals surface area (Å²) in [7, 11) is 4.80. The van der Waals surface area contributed by atoms with Crippen molar-refractivity contribution in [2.24, 2.45) is 0 Å². The molecular weight excluding hydrogens is 440 g/mol. The van der Waals surface area contributed by atoms with E-state index < -0.39 is 0 Å². The van der Waals surface area contributed by atoms with Crippen LogP contribution in [0.15, 0.2) is 72.8 Å². The number of pyridine rings is 1. The average molecular weight is 465 g/mol. The second-order valence-corrected chi connectivity index (χ2v) is 7.18. The van der Waals surface area contributed by atoms with Gasteiger partial charge in [-0.2, -0.15) is 0 Å². The minimum absolute atomic E-state index is 0. The van der Waals surface area contributed by atoms with Crippen molar-refractivity contribution in [1.29, 1.82) is 0 Å². The van der Waals surface area contributed by atoms with Crippen LogP contribution in [-0.2, 0) is 6.54 Å². The van der Waals surface area contributed by atoms with E-state index in [1.54, 1.807) is 21.3 Å². The van der Waals surface area contributed by atoms with Gasteiger partial charge in [0, 0.05) is 17.5 Å². The molecule has 1 aromatic heterocycles. The number of ether oxygens (including phenoxy) is 3. The zero-order valence-electron chi connectivity index (χ0n) is 18.6. The molecule has 4 aromatic rings. The van der Waals surface area contributed by atoms with E-state index in [2.05, 4.69) is 5.32 Å². The minimum Gasteiger partial charge on any atom is -0.497 e. The predicted octanol–water partition coefficient (Wildman–Crippen LogP) is 5.28. The molecule has 0 aliphatic rings. The van der Waals surface area contributed by atoms with Crippen molar-refractivity contribution in [3.63, 3.8) is 0 Å². The molecule has 4 rings (SSSR count). The minimum atomic E-state index is -0.178. The first-order valence-corrected chi connectivity index (χ1v) is 10.2. The van der Waals surface area contributed by atoms with Crippen LogP contribution in [0.25, 0.3) is 22.2 Å². The Kier molecular flexibility index (Phi) is 7.74. The summed E-state index contributed by atoms with van der Waals surface area (Å²) in [6, 6.07) is 22.7. The second kappa shape index (κ2) is 10.7. The maximum atomic E-state index is 13.2. The molecule has 0 aliphatic carbocycles. The number of fused-ring (bicyclic) bond motifs is 1. The molecule has 0 spiro atoms. The van der Waals surface area contributed by atoms with Crippen LogP contribution >= 0.6 is 12.4 Å². The lowest BCUT2D eigenvalue weighted by Crippen LogP contribution is -2.23. The Balaban J connectivity index is 0.00000306. The van der Waals surface area contributed by atoms with Crippen molar-refractivity contribution in [1.82, 2.24) is 10.3 Å². The summed E-state index contributed by atoms with van der Waals surface area (Å²) in [5.41, 5.74) is 3.81. The van der Waals surface area contributed by atoms with Crippen LogP contribution in [0.5, 0.6) is 17.2 Å². The van der Waals surface area contributed by atoms with Crippen LogP contribution in [0, 0.1) is 0 Å². The van der Waals surface area contributed by atoms with Crippen LogP contribution in [-0.4, -0.2) is 32.2 Å². The smallest absolute Gasteiger partial charge is 0.252 e. The first-order chi connectivity index (χ1) is 15.6. The Morgan fingerprint density at radius 3 is 2.39 bits per heavy atom. The van der Waals surface area contributed by atoms with Gasteiger partial charge in [-0.15, -0.1) is 12.4 Å². The maximum absolute atomic E-state index is 13.2. The molecule has 170 valence electrons. The van der Waals surface area contributed by atoms with Crippen molar-refractivity contribution in [2.75, 3.05) is 21.3 Å². The standard InChI is InChI=1S/C26H24N2O4.ClH/c1-30-19-8-6-7-18(14-19)23-15-21(20-9-4-5-10-22(20)28-23)26(29)27-16-17-11-12-24(31-2)25(13-17)32-3;/h4-15H,16H2,1-3H3,(H,27,29);1H. The highest BCUT2D eigenvalue weighted by Gasteiger charge is 2.15. The van der Waals surface area contributed by atoms with Crippen LogP contribution in [0.1, 0.15) is 15.9 Å². The summed E-state index contributed by atoms with van der Waals surface area (Å²) in [6.07, 6.45) is 0. The van der Waals surface area contributed by atoms with Gasteiger partial charge < -0.3 is 19.5 Å². The number of para-hydroxylation sites is 1. The zero-order chi connectivity index (χ0) is 22.5. The van der Waals surface area contributed by atoms with Crippen molar-refractivity contribution >= 4 is 29.2 Å². The van der Waals surface area contributed by atoms with Gasteiger partial charge in [0.1, 0.15) is 5.75 Å². The molecule has 6 nitrogen and oxygen atoms in total. The summed E-state index contributed by atoms with van der Waals surface area (Å²) < 4.78 is 16.0. The maximum Gasteiger partial charge on any atom is 0.252 e. The number of methoxy groups -OCH3 is 3. The van der Waals surface area contributed by atoms with Gasteiger partial charge in [0.2, 0.25) is 0 Å². The average Bonchev–Trinajstić information content (AvgIpc) is 2.86. The first kappa shape index (κ1) is 23.9. The lowest BCUT2D eigenvalue weighted by atomic mass is 10.0. The van der Waals surface area contributed by atoms with Gasteiger partial charge in [-0.1, -0.05) is 36.4 Å². The zero-order valence-corrected chi connectivity index (χ0v) is 19.4. The molecule has 1 amide bonds. The van der Waals surface area contributed by atoms with Gasteiger partial charge >= 0.3 is 0 Å². The highest BCUT2D eigenvalue weighted by atomic mass is 35.5. The van der Waals surface area contributed by atoms with E-state index in [0.717, 1.165) is 27.8 Å². The van der Waals surface area contributed by atoms with Gasteiger partial charge in [-0.25, -0.2) is 4.98 Å². The Morgan fingerprint density at radius 2 is 1.64 bits per heavy atom. The van der Waals surface area contributed by atoms with E-state index in [1.807, 2.05) is 72.8 Å². The second-order valence-electron chi connectivity index (χ2n) is 7.18. The molecule has 0 saturated heterocycles. The number of nitrogens with zero attached hydrogens (tertiary/aromatic N) is 1. The number of nitrogens with one attached hydrogen (secondary N) is 1. The highest BCUT2D eigenvalue weighted by Crippen LogP contribution is 2.29. The van der Waals surface area contributed by atoms with Crippen LogP contribution in [0.2, 0.25) is 0 Å². The highest BCUT2D eigenvalue weighted by molar-refractivity contribution is 6.07. The van der Waals surface area contributed by atoms with Crippen molar-refractivity contribution in [2.45, 2.75) is 6.54 Å². The number of hydrogen-bond acceptors (Lipinski definition) is 5. The molecule has 1 N–H and O–H groups in total. The largest absolute Gasteiger partial charge is 0.497 e. The van der Waals surface area contributed by atoms with Crippen LogP contribution in [0.3, 0.4) is 0 Å². The molecule has 0 saturated carbocycles. The number of amides is 1. The van der Waals surface area contributed by atoms with Crippen molar-refractivity contribution in [3.8, 4) is 28.5 Å². The van der Waals surface area contributed by atoms with Gasteiger partial charge in [0.25, 0.3) is 5.91 Å². The third kappa shape index (κ3) is 5.18. The number of hydrogen-bond donors (Lipinski definition) is 1. The molecule has 0 radical (unpaired) electrons. The Morgan fingerprint density at radius 1 is 0.848 bits per heavy atom. The predicted molar refractivity (Wildman–Crippen MR) is 132 cm³/mol. The Labute approximate surface area is 198 Å². The topological polar surface area (TPSA) is 69.7 Å². The number of aromatic nitrogens is 1. The fraction of sp³-hybridized carbons (Fsp3) is 0.154. The normalized spacial score (nSPS) is 10.3. The molecule has 0 aliphatic heterocycles.